The molecule has 0 aliphatic carbocycles. The molecule has 0 fully saturated rings. The molecule has 1 aliphatic rings. The summed E-state index contributed by atoms with van der Waals surface area (Å²) in [5.74, 6) is -0.184. The van der Waals surface area contributed by atoms with Gasteiger partial charge in [0.15, 0.2) is 7.28 Å². The summed E-state index contributed by atoms with van der Waals surface area (Å²) in [5, 5.41) is 1.86. The van der Waals surface area contributed by atoms with Crippen molar-refractivity contribution in [2.75, 3.05) is 6.54 Å². The van der Waals surface area contributed by atoms with Gasteiger partial charge in [0.2, 0.25) is 0 Å². The van der Waals surface area contributed by atoms with E-state index in [1.807, 2.05) is 11.8 Å². The lowest BCUT2D eigenvalue weighted by molar-refractivity contribution is 0.292. The number of hydrogen-bond acceptors (Lipinski definition) is 3. The monoisotopic (exact) mass is 265 g/mol. The molecule has 1 unspecified atom stereocenters. The van der Waals surface area contributed by atoms with Crippen LogP contribution in [0.25, 0.3) is 0 Å². The molecular formula is C13H18BF2N3. The van der Waals surface area contributed by atoms with Gasteiger partial charge in [-0.05, 0) is 18.1 Å². The summed E-state index contributed by atoms with van der Waals surface area (Å²) in [6.45, 7) is 6.91. The molecule has 0 radical (unpaired) electrons. The van der Waals surface area contributed by atoms with E-state index in [1.54, 1.807) is 0 Å². The first-order valence-electron chi connectivity index (χ1n) is 6.58. The molecule has 3 nitrogen and oxygen atoms in total. The van der Waals surface area contributed by atoms with Gasteiger partial charge in [0, 0.05) is 12.6 Å². The lowest BCUT2D eigenvalue weighted by Gasteiger charge is -2.23. The Labute approximate surface area is 112 Å². The molecule has 1 aliphatic heterocycles. The highest BCUT2D eigenvalue weighted by molar-refractivity contribution is 6.36. The molecule has 1 heterocycles. The second kappa shape index (κ2) is 5.69. The van der Waals surface area contributed by atoms with Gasteiger partial charge in [-0.15, -0.1) is 0 Å². The van der Waals surface area contributed by atoms with Crippen molar-refractivity contribution in [2.24, 2.45) is 10.9 Å². The molecule has 0 amide bonds. The summed E-state index contributed by atoms with van der Waals surface area (Å²) in [7, 11) is 0.820. The fourth-order valence-corrected chi connectivity index (χ4v) is 2.06. The van der Waals surface area contributed by atoms with Crippen molar-refractivity contribution in [3.8, 4) is 0 Å². The predicted molar refractivity (Wildman–Crippen MR) is 74.4 cm³/mol. The second-order valence-electron chi connectivity index (χ2n) is 5.13. The minimum absolute atomic E-state index is 0.0433. The minimum Gasteiger partial charge on any atom is -0.290 e. The second-order valence-corrected chi connectivity index (χ2v) is 5.13. The van der Waals surface area contributed by atoms with Crippen LogP contribution in [0.15, 0.2) is 23.2 Å². The number of benzene rings is 1. The van der Waals surface area contributed by atoms with Gasteiger partial charge in [0.05, 0.1) is 11.6 Å². The van der Waals surface area contributed by atoms with Crippen LogP contribution in [0.4, 0.5) is 8.78 Å². The third kappa shape index (κ3) is 3.12. The van der Waals surface area contributed by atoms with Gasteiger partial charge in [0.25, 0.3) is 0 Å². The third-order valence-corrected chi connectivity index (χ3v) is 2.95. The number of halogens is 2. The van der Waals surface area contributed by atoms with Gasteiger partial charge in [0.1, 0.15) is 17.5 Å². The van der Waals surface area contributed by atoms with E-state index in [0.717, 1.165) is 19.9 Å². The van der Waals surface area contributed by atoms with Crippen LogP contribution in [0, 0.1) is 17.6 Å². The Morgan fingerprint density at radius 3 is 2.74 bits per heavy atom. The van der Waals surface area contributed by atoms with Crippen LogP contribution in [-0.2, 0) is 0 Å². The first kappa shape index (κ1) is 14.0. The molecule has 0 bridgehead atoms. The molecule has 1 aromatic rings. The summed E-state index contributed by atoms with van der Waals surface area (Å²) in [6.07, 6.45) is 0. The van der Waals surface area contributed by atoms with Crippen LogP contribution < -0.4 is 5.43 Å². The highest BCUT2D eigenvalue weighted by Crippen LogP contribution is 2.17. The molecular weight excluding hydrogens is 247 g/mol. The van der Waals surface area contributed by atoms with E-state index in [0.29, 0.717) is 17.3 Å². The van der Waals surface area contributed by atoms with E-state index in [9.17, 15) is 8.78 Å². The Morgan fingerprint density at radius 2 is 2.16 bits per heavy atom. The number of hydrazine groups is 1. The molecule has 19 heavy (non-hydrogen) atoms. The van der Waals surface area contributed by atoms with Crippen molar-refractivity contribution in [3.05, 3.63) is 35.4 Å². The summed E-state index contributed by atoms with van der Waals surface area (Å²) in [5.41, 5.74) is 3.57. The van der Waals surface area contributed by atoms with Crippen molar-refractivity contribution in [2.45, 2.75) is 26.7 Å². The average Bonchev–Trinajstić information content (AvgIpc) is 2.71. The summed E-state index contributed by atoms with van der Waals surface area (Å²) in [6, 6.07) is 3.55. The van der Waals surface area contributed by atoms with Crippen LogP contribution >= 0.6 is 0 Å². The Morgan fingerprint density at radius 1 is 1.42 bits per heavy atom. The topological polar surface area (TPSA) is 27.6 Å². The number of nitrogens with zero attached hydrogens (tertiary/aromatic N) is 2. The number of hydrogen-bond donors (Lipinski definition) is 1. The maximum absolute atomic E-state index is 13.9. The zero-order valence-corrected chi connectivity index (χ0v) is 11.5. The normalized spacial score (nSPS) is 18.9. The van der Waals surface area contributed by atoms with Crippen molar-refractivity contribution in [3.63, 3.8) is 0 Å². The van der Waals surface area contributed by atoms with Crippen LogP contribution in [0.5, 0.6) is 0 Å². The maximum atomic E-state index is 13.9. The molecule has 1 aromatic carbocycles. The molecule has 0 spiro atoms. The molecule has 0 aromatic heterocycles. The first-order chi connectivity index (χ1) is 9.01. The highest BCUT2D eigenvalue weighted by Gasteiger charge is 2.27. The molecule has 102 valence electrons. The fraction of sp³-hybridized carbons (Fsp3) is 0.462. The highest BCUT2D eigenvalue weighted by atomic mass is 19.1. The zero-order valence-electron chi connectivity index (χ0n) is 11.5. The van der Waals surface area contributed by atoms with Crippen molar-refractivity contribution in [1.29, 1.82) is 0 Å². The molecule has 0 saturated carbocycles. The lowest BCUT2D eigenvalue weighted by Crippen LogP contribution is -2.44. The smallest absolute Gasteiger partial charge is 0.170 e. The molecule has 0 saturated heterocycles. The van der Waals surface area contributed by atoms with Gasteiger partial charge in [-0.2, -0.15) is 0 Å². The van der Waals surface area contributed by atoms with Crippen LogP contribution in [0.2, 0.25) is 6.82 Å². The van der Waals surface area contributed by atoms with Gasteiger partial charge in [-0.25, -0.2) is 14.2 Å². The summed E-state index contributed by atoms with van der Waals surface area (Å²) < 4.78 is 26.8. The summed E-state index contributed by atoms with van der Waals surface area (Å²) in [4.78, 5) is 4.47. The van der Waals surface area contributed by atoms with E-state index in [4.69, 9.17) is 0 Å². The van der Waals surface area contributed by atoms with Gasteiger partial charge >= 0.3 is 0 Å². The van der Waals surface area contributed by atoms with E-state index >= 15 is 0 Å². The number of aliphatic imine (C=N–C) groups is 1. The number of nitrogens with one attached hydrogen (secondary N) is 1. The van der Waals surface area contributed by atoms with Gasteiger partial charge in [-0.3, -0.25) is 10.0 Å². The van der Waals surface area contributed by atoms with E-state index in [1.165, 1.54) is 12.1 Å². The molecule has 2 rings (SSSR count). The molecule has 6 heteroatoms. The largest absolute Gasteiger partial charge is 0.290 e. The Hall–Kier alpha value is -1.43. The van der Waals surface area contributed by atoms with Gasteiger partial charge < -0.3 is 0 Å². The van der Waals surface area contributed by atoms with Crippen molar-refractivity contribution < 1.29 is 8.78 Å². The van der Waals surface area contributed by atoms with Crippen LogP contribution in [0.3, 0.4) is 0 Å². The molecule has 1 N–H and O–H groups in total. The average molecular weight is 265 g/mol. The van der Waals surface area contributed by atoms with Crippen LogP contribution in [0.1, 0.15) is 19.4 Å². The SMILES string of the molecule is CBC1N=C(c2ccc(F)cc2F)N(CC(C)C)N1. The van der Waals surface area contributed by atoms with Crippen LogP contribution in [-0.4, -0.2) is 30.7 Å². The van der Waals surface area contributed by atoms with Crippen molar-refractivity contribution in [1.82, 2.24) is 10.4 Å². The standard InChI is InChI=1S/C13H18BF2N3/c1-8(2)7-19-12(17-13(14-3)18-19)10-5-4-9(15)6-11(10)16/h4-6,8,13-14,18H,7H2,1-3H3. The van der Waals surface area contributed by atoms with E-state index < -0.39 is 11.6 Å². The number of amidine groups is 1. The fourth-order valence-electron chi connectivity index (χ4n) is 2.06. The van der Waals surface area contributed by atoms with E-state index in [-0.39, 0.29) is 6.07 Å². The Balaban J connectivity index is 2.32. The summed E-state index contributed by atoms with van der Waals surface area (Å²) >= 11 is 0. The Bertz CT molecular complexity index is 491. The van der Waals surface area contributed by atoms with E-state index in [2.05, 4.69) is 24.3 Å². The maximum Gasteiger partial charge on any atom is 0.170 e. The first-order valence-corrected chi connectivity index (χ1v) is 6.58. The number of rotatable bonds is 4. The Kier molecular flexibility index (Phi) is 4.19. The third-order valence-electron chi connectivity index (χ3n) is 2.95. The quantitative estimate of drug-likeness (QED) is 0.843. The predicted octanol–water partition coefficient (Wildman–Crippen LogP) is 1.96. The molecule has 1 atom stereocenters. The lowest BCUT2D eigenvalue weighted by atomic mass is 9.78. The minimum atomic E-state index is -0.578. The van der Waals surface area contributed by atoms with Gasteiger partial charge in [-0.1, -0.05) is 20.7 Å². The zero-order chi connectivity index (χ0) is 14.0. The van der Waals surface area contributed by atoms with Crippen molar-refractivity contribution >= 4 is 13.1 Å².